The van der Waals surface area contributed by atoms with Gasteiger partial charge in [0.25, 0.3) is 0 Å². The highest BCUT2D eigenvalue weighted by Gasteiger charge is 2.59. The molecule has 192 valence electrons. The van der Waals surface area contributed by atoms with E-state index in [0.29, 0.717) is 11.8 Å². The fourth-order valence-corrected chi connectivity index (χ4v) is 6.01. The number of anilines is 1. The van der Waals surface area contributed by atoms with Gasteiger partial charge in [0, 0.05) is 55.7 Å². The Morgan fingerprint density at radius 1 is 1.00 bits per heavy atom. The lowest BCUT2D eigenvalue weighted by atomic mass is 9.68. The Morgan fingerprint density at radius 2 is 1.64 bits per heavy atom. The highest BCUT2D eigenvalue weighted by Crippen LogP contribution is 2.55. The van der Waals surface area contributed by atoms with Gasteiger partial charge in [0.2, 0.25) is 5.91 Å². The minimum atomic E-state index is -0.536. The molecule has 1 unspecified atom stereocenters. The first-order chi connectivity index (χ1) is 16.9. The molecule has 5 rings (SSSR count). The number of amides is 2. The zero-order chi connectivity index (χ0) is 25.7. The van der Waals surface area contributed by atoms with Crippen molar-refractivity contribution in [1.29, 1.82) is 0 Å². The first kappa shape index (κ1) is 24.8. The van der Waals surface area contributed by atoms with Crippen LogP contribution in [0.3, 0.4) is 0 Å². The summed E-state index contributed by atoms with van der Waals surface area (Å²) in [6.07, 6.45) is 0.558. The number of rotatable bonds is 5. The molecule has 36 heavy (non-hydrogen) atoms. The quantitative estimate of drug-likeness (QED) is 0.602. The van der Waals surface area contributed by atoms with Crippen LogP contribution in [-0.2, 0) is 16.1 Å². The Balaban J connectivity index is 1.30. The lowest BCUT2D eigenvalue weighted by molar-refractivity contribution is -0.145. The van der Waals surface area contributed by atoms with Crippen LogP contribution < -0.4 is 5.32 Å². The molecule has 1 aliphatic carbocycles. The highest BCUT2D eigenvalue weighted by atomic mass is 16.6. The van der Waals surface area contributed by atoms with Gasteiger partial charge in [0.15, 0.2) is 0 Å². The summed E-state index contributed by atoms with van der Waals surface area (Å²) < 4.78 is 5.38. The van der Waals surface area contributed by atoms with Gasteiger partial charge in [-0.2, -0.15) is 0 Å². The van der Waals surface area contributed by atoms with Gasteiger partial charge in [-0.3, -0.25) is 15.0 Å². The lowest BCUT2D eigenvalue weighted by Crippen LogP contribution is -2.62. The van der Waals surface area contributed by atoms with Crippen molar-refractivity contribution in [3.05, 3.63) is 65.7 Å². The second kappa shape index (κ2) is 8.91. The zero-order valence-electron chi connectivity index (χ0n) is 22.2. The van der Waals surface area contributed by atoms with E-state index in [1.54, 1.807) is 0 Å². The molecule has 1 N–H and O–H groups in total. The summed E-state index contributed by atoms with van der Waals surface area (Å²) >= 11 is 0. The van der Waals surface area contributed by atoms with E-state index in [9.17, 15) is 9.59 Å². The SMILES string of the molecule is CC(C)(C)OC(=O)Nc1ccc(C2CN(Cc3ccccc3)CC23CN(C(=O)[C@H]2CC2(C)C)C3)cc1. The van der Waals surface area contributed by atoms with E-state index in [1.165, 1.54) is 11.1 Å². The van der Waals surface area contributed by atoms with E-state index in [2.05, 4.69) is 71.4 Å². The van der Waals surface area contributed by atoms with Crippen molar-refractivity contribution in [2.75, 3.05) is 31.5 Å². The smallest absolute Gasteiger partial charge is 0.412 e. The third-order valence-electron chi connectivity index (χ3n) is 8.06. The van der Waals surface area contributed by atoms with E-state index in [0.717, 1.165) is 44.8 Å². The van der Waals surface area contributed by atoms with Gasteiger partial charge in [0.1, 0.15) is 5.60 Å². The van der Waals surface area contributed by atoms with Crippen LogP contribution in [0.15, 0.2) is 54.6 Å². The summed E-state index contributed by atoms with van der Waals surface area (Å²) in [4.78, 5) is 29.9. The molecule has 1 saturated carbocycles. The second-order valence-electron chi connectivity index (χ2n) is 12.8. The Kier molecular flexibility index (Phi) is 6.14. The van der Waals surface area contributed by atoms with E-state index < -0.39 is 11.7 Å². The Labute approximate surface area is 215 Å². The van der Waals surface area contributed by atoms with Crippen LogP contribution in [0.1, 0.15) is 58.1 Å². The molecule has 3 fully saturated rings. The monoisotopic (exact) mass is 489 g/mol. The summed E-state index contributed by atoms with van der Waals surface area (Å²) in [7, 11) is 0. The molecule has 0 aromatic heterocycles. The van der Waals surface area contributed by atoms with E-state index in [1.807, 2.05) is 32.9 Å². The first-order valence-corrected chi connectivity index (χ1v) is 13.1. The molecule has 2 aromatic carbocycles. The Bertz CT molecular complexity index is 1110. The molecular weight excluding hydrogens is 450 g/mol. The molecule has 2 amide bonds. The molecule has 6 heteroatoms. The summed E-state index contributed by atoms with van der Waals surface area (Å²) in [6.45, 7) is 14.5. The van der Waals surface area contributed by atoms with Crippen molar-refractivity contribution in [3.63, 3.8) is 0 Å². The molecule has 0 radical (unpaired) electrons. The maximum atomic E-state index is 13.1. The molecule has 6 nitrogen and oxygen atoms in total. The normalized spacial score (nSPS) is 24.3. The van der Waals surface area contributed by atoms with Crippen molar-refractivity contribution in [2.24, 2.45) is 16.7 Å². The standard InChI is InChI=1S/C30H39N3O3/c1-28(2,3)36-27(35)31-23-13-11-22(12-14-23)25-17-32(16-21-9-7-6-8-10-21)18-30(25)19-33(20-30)26(34)24-15-29(24,4)5/h6-14,24-25H,15-20H2,1-5H3,(H,31,35)/t24-,25?/m1/s1. The first-order valence-electron chi connectivity index (χ1n) is 13.1. The van der Waals surface area contributed by atoms with Crippen molar-refractivity contribution < 1.29 is 14.3 Å². The van der Waals surface area contributed by atoms with Crippen LogP contribution in [-0.4, -0.2) is 53.6 Å². The predicted octanol–water partition coefficient (Wildman–Crippen LogP) is 5.51. The molecule has 1 spiro atoms. The van der Waals surface area contributed by atoms with Gasteiger partial charge in [-0.1, -0.05) is 56.3 Å². The number of carbonyl (C=O) groups excluding carboxylic acids is 2. The largest absolute Gasteiger partial charge is 0.444 e. The number of benzene rings is 2. The molecular formula is C30H39N3O3. The van der Waals surface area contributed by atoms with Gasteiger partial charge in [-0.15, -0.1) is 0 Å². The topological polar surface area (TPSA) is 61.9 Å². The summed E-state index contributed by atoms with van der Waals surface area (Å²) in [5.41, 5.74) is 3.00. The summed E-state index contributed by atoms with van der Waals surface area (Å²) in [5.74, 6) is 0.865. The number of hydrogen-bond acceptors (Lipinski definition) is 4. The van der Waals surface area contributed by atoms with Crippen LogP contribution in [0.2, 0.25) is 0 Å². The van der Waals surface area contributed by atoms with E-state index >= 15 is 0 Å². The average Bonchev–Trinajstić information content (AvgIpc) is 3.25. The molecule has 2 heterocycles. The Hall–Kier alpha value is -2.86. The van der Waals surface area contributed by atoms with Crippen LogP contribution in [0.4, 0.5) is 10.5 Å². The predicted molar refractivity (Wildman–Crippen MR) is 142 cm³/mol. The number of carbonyl (C=O) groups is 2. The third kappa shape index (κ3) is 5.15. The minimum Gasteiger partial charge on any atom is -0.444 e. The number of nitrogens with one attached hydrogen (secondary N) is 1. The number of nitrogens with zero attached hydrogens (tertiary/aromatic N) is 2. The fraction of sp³-hybridized carbons (Fsp3) is 0.533. The fourth-order valence-electron chi connectivity index (χ4n) is 6.01. The molecule has 2 saturated heterocycles. The zero-order valence-corrected chi connectivity index (χ0v) is 22.2. The van der Waals surface area contributed by atoms with Crippen molar-refractivity contribution in [3.8, 4) is 0 Å². The van der Waals surface area contributed by atoms with Crippen molar-refractivity contribution in [2.45, 2.75) is 59.1 Å². The third-order valence-corrected chi connectivity index (χ3v) is 8.06. The molecule has 2 aliphatic heterocycles. The van der Waals surface area contributed by atoms with Crippen LogP contribution in [0, 0.1) is 16.7 Å². The van der Waals surface area contributed by atoms with Gasteiger partial charge in [-0.05, 0) is 55.9 Å². The second-order valence-corrected chi connectivity index (χ2v) is 12.8. The van der Waals surface area contributed by atoms with Gasteiger partial charge in [0.05, 0.1) is 0 Å². The van der Waals surface area contributed by atoms with E-state index in [-0.39, 0.29) is 16.7 Å². The molecule has 2 aromatic rings. The lowest BCUT2D eigenvalue weighted by Gasteiger charge is -2.51. The Morgan fingerprint density at radius 3 is 2.22 bits per heavy atom. The maximum absolute atomic E-state index is 13.1. The molecule has 3 aliphatic rings. The minimum absolute atomic E-state index is 0.0730. The number of ether oxygens (including phenoxy) is 1. The van der Waals surface area contributed by atoms with Crippen molar-refractivity contribution in [1.82, 2.24) is 9.80 Å². The number of likely N-dealkylation sites (tertiary alicyclic amines) is 2. The summed E-state index contributed by atoms with van der Waals surface area (Å²) in [5, 5.41) is 2.83. The van der Waals surface area contributed by atoms with Crippen molar-refractivity contribution >= 4 is 17.7 Å². The molecule has 0 bridgehead atoms. The highest BCUT2D eigenvalue weighted by molar-refractivity contribution is 5.85. The number of hydrogen-bond donors (Lipinski definition) is 1. The van der Waals surface area contributed by atoms with Crippen LogP contribution >= 0.6 is 0 Å². The van der Waals surface area contributed by atoms with Gasteiger partial charge >= 0.3 is 6.09 Å². The summed E-state index contributed by atoms with van der Waals surface area (Å²) in [6, 6.07) is 18.8. The average molecular weight is 490 g/mol. The maximum Gasteiger partial charge on any atom is 0.412 e. The molecule has 2 atom stereocenters. The van der Waals surface area contributed by atoms with Crippen LogP contribution in [0.5, 0.6) is 0 Å². The van der Waals surface area contributed by atoms with Crippen LogP contribution in [0.25, 0.3) is 0 Å². The van der Waals surface area contributed by atoms with E-state index in [4.69, 9.17) is 4.74 Å². The van der Waals surface area contributed by atoms with Gasteiger partial charge in [-0.25, -0.2) is 4.79 Å². The van der Waals surface area contributed by atoms with Gasteiger partial charge < -0.3 is 9.64 Å².